The molecule has 2 rings (SSSR count). The highest BCUT2D eigenvalue weighted by Crippen LogP contribution is 2.34. The molecule has 3 N–H and O–H groups in total. The van der Waals surface area contributed by atoms with Crippen molar-refractivity contribution in [2.75, 3.05) is 13.7 Å². The molecule has 0 aliphatic carbocycles. The van der Waals surface area contributed by atoms with Gasteiger partial charge in [0.05, 0.1) is 24.3 Å². The first-order valence-corrected chi connectivity index (χ1v) is 8.53. The number of hydrogen-bond donors (Lipinski definition) is 3. The normalized spacial score (nSPS) is 12.5. The molecular weight excluding hydrogens is 377 g/mol. The summed E-state index contributed by atoms with van der Waals surface area (Å²) in [5.41, 5.74) is -0.0763. The maximum absolute atomic E-state index is 13.1. The van der Waals surface area contributed by atoms with E-state index in [1.807, 2.05) is 0 Å². The predicted molar refractivity (Wildman–Crippen MR) is 95.0 cm³/mol. The number of nitrogens with one attached hydrogen (secondary N) is 2. The molecule has 1 unspecified atom stereocenters. The SMILES string of the molecule is CCc1[nH]c(C(=O)NCC(O)c2ccccc2C(F)(F)F)c(C)c1C(=O)OC. The molecule has 0 aliphatic heterocycles. The lowest BCUT2D eigenvalue weighted by atomic mass is 10.0. The van der Waals surface area contributed by atoms with Gasteiger partial charge in [0.25, 0.3) is 5.91 Å². The second-order valence-corrected chi connectivity index (χ2v) is 6.13. The standard InChI is InChI=1S/C19H21F3N2O4/c1-4-13-15(18(27)28-3)10(2)16(24-13)17(26)23-9-14(25)11-7-5-6-8-12(11)19(20,21)22/h5-8,14,24-25H,4,9H2,1-3H3,(H,23,26). The van der Waals surface area contributed by atoms with Gasteiger partial charge in [0.2, 0.25) is 0 Å². The molecule has 0 bridgehead atoms. The van der Waals surface area contributed by atoms with E-state index < -0.39 is 36.3 Å². The zero-order chi connectivity index (χ0) is 21.1. The van der Waals surface area contributed by atoms with Crippen molar-refractivity contribution >= 4 is 11.9 Å². The lowest BCUT2D eigenvalue weighted by molar-refractivity contribution is -0.139. The lowest BCUT2D eigenvalue weighted by Crippen LogP contribution is -2.30. The first kappa shape index (κ1) is 21.5. The minimum atomic E-state index is -4.62. The number of aliphatic hydroxyl groups is 1. The Kier molecular flexibility index (Phi) is 6.50. The number of carbonyl (C=O) groups excluding carboxylic acids is 2. The Morgan fingerprint density at radius 1 is 1.29 bits per heavy atom. The number of aromatic amines is 1. The Hall–Kier alpha value is -2.81. The molecule has 1 aromatic carbocycles. The minimum absolute atomic E-state index is 0.0913. The fourth-order valence-corrected chi connectivity index (χ4v) is 2.96. The topological polar surface area (TPSA) is 91.4 Å². The van der Waals surface area contributed by atoms with Crippen LogP contribution in [0.25, 0.3) is 0 Å². The molecule has 0 aliphatic rings. The molecule has 152 valence electrons. The van der Waals surface area contributed by atoms with Crippen LogP contribution in [0.5, 0.6) is 0 Å². The van der Waals surface area contributed by atoms with Crippen LogP contribution in [0, 0.1) is 6.92 Å². The van der Waals surface area contributed by atoms with Crippen molar-refractivity contribution in [2.45, 2.75) is 32.5 Å². The number of alkyl halides is 3. The number of aliphatic hydroxyl groups excluding tert-OH is 1. The Bertz CT molecular complexity index is 875. The van der Waals surface area contributed by atoms with Crippen molar-refractivity contribution in [1.82, 2.24) is 10.3 Å². The molecule has 28 heavy (non-hydrogen) atoms. The summed E-state index contributed by atoms with van der Waals surface area (Å²) in [6, 6.07) is 4.62. The molecule has 1 amide bonds. The van der Waals surface area contributed by atoms with Crippen LogP contribution in [0.3, 0.4) is 0 Å². The monoisotopic (exact) mass is 398 g/mol. The van der Waals surface area contributed by atoms with E-state index in [1.54, 1.807) is 13.8 Å². The van der Waals surface area contributed by atoms with Crippen molar-refractivity contribution in [3.63, 3.8) is 0 Å². The first-order valence-electron chi connectivity index (χ1n) is 8.53. The van der Waals surface area contributed by atoms with Crippen LogP contribution in [-0.4, -0.2) is 35.6 Å². The van der Waals surface area contributed by atoms with Crippen molar-refractivity contribution in [2.24, 2.45) is 0 Å². The van der Waals surface area contributed by atoms with Crippen LogP contribution in [-0.2, 0) is 17.3 Å². The van der Waals surface area contributed by atoms with E-state index in [9.17, 15) is 27.9 Å². The molecular formula is C19H21F3N2O4. The molecule has 9 heteroatoms. The van der Waals surface area contributed by atoms with E-state index in [-0.39, 0.29) is 16.8 Å². The van der Waals surface area contributed by atoms with Crippen LogP contribution in [0.15, 0.2) is 24.3 Å². The first-order chi connectivity index (χ1) is 13.1. The molecule has 6 nitrogen and oxygen atoms in total. The van der Waals surface area contributed by atoms with Gasteiger partial charge in [-0.15, -0.1) is 0 Å². The summed E-state index contributed by atoms with van der Waals surface area (Å²) < 4.78 is 43.9. The minimum Gasteiger partial charge on any atom is -0.465 e. The van der Waals surface area contributed by atoms with Gasteiger partial charge in [-0.3, -0.25) is 4.79 Å². The fraction of sp³-hybridized carbons (Fsp3) is 0.368. The zero-order valence-corrected chi connectivity index (χ0v) is 15.6. The van der Waals surface area contributed by atoms with Gasteiger partial charge >= 0.3 is 12.1 Å². The van der Waals surface area contributed by atoms with Crippen molar-refractivity contribution in [1.29, 1.82) is 0 Å². The summed E-state index contributed by atoms with van der Waals surface area (Å²) in [7, 11) is 1.22. The van der Waals surface area contributed by atoms with E-state index in [1.165, 1.54) is 19.2 Å². The predicted octanol–water partition coefficient (Wildman–Crippen LogP) is 3.15. The molecule has 1 atom stereocenters. The van der Waals surface area contributed by atoms with Gasteiger partial charge in [0.15, 0.2) is 0 Å². The maximum Gasteiger partial charge on any atom is 0.416 e. The highest BCUT2D eigenvalue weighted by atomic mass is 19.4. The number of benzene rings is 1. The summed E-state index contributed by atoms with van der Waals surface area (Å²) in [5.74, 6) is -1.24. The Balaban J connectivity index is 2.20. The number of ether oxygens (including phenoxy) is 1. The number of H-pyrrole nitrogens is 1. The summed E-state index contributed by atoms with van der Waals surface area (Å²) in [4.78, 5) is 27.2. The number of esters is 1. The van der Waals surface area contributed by atoms with Gasteiger partial charge in [-0.1, -0.05) is 25.1 Å². The van der Waals surface area contributed by atoms with Gasteiger partial charge in [0, 0.05) is 12.2 Å². The fourth-order valence-electron chi connectivity index (χ4n) is 2.96. The summed E-state index contributed by atoms with van der Waals surface area (Å²) in [5, 5.41) is 12.6. The number of hydrogen-bond acceptors (Lipinski definition) is 4. The van der Waals surface area contributed by atoms with Crippen molar-refractivity contribution in [3.8, 4) is 0 Å². The Morgan fingerprint density at radius 2 is 1.93 bits per heavy atom. The summed E-state index contributed by atoms with van der Waals surface area (Å²) >= 11 is 0. The average Bonchev–Trinajstić information content (AvgIpc) is 3.01. The van der Waals surface area contributed by atoms with Crippen LogP contribution < -0.4 is 5.32 Å². The van der Waals surface area contributed by atoms with E-state index in [0.29, 0.717) is 17.7 Å². The average molecular weight is 398 g/mol. The van der Waals surface area contributed by atoms with Crippen molar-refractivity contribution in [3.05, 3.63) is 57.9 Å². The molecule has 1 aromatic heterocycles. The molecule has 0 radical (unpaired) electrons. The van der Waals surface area contributed by atoms with Gasteiger partial charge in [0.1, 0.15) is 5.69 Å². The molecule has 2 aromatic rings. The number of amides is 1. The van der Waals surface area contributed by atoms with E-state index in [2.05, 4.69) is 10.3 Å². The highest BCUT2D eigenvalue weighted by Gasteiger charge is 2.34. The molecule has 0 saturated carbocycles. The van der Waals surface area contributed by atoms with E-state index >= 15 is 0 Å². The molecule has 1 heterocycles. The third-order valence-electron chi connectivity index (χ3n) is 4.38. The number of aromatic nitrogens is 1. The van der Waals surface area contributed by atoms with Gasteiger partial charge in [-0.25, -0.2) is 4.79 Å². The smallest absolute Gasteiger partial charge is 0.416 e. The Morgan fingerprint density at radius 3 is 2.50 bits per heavy atom. The number of aryl methyl sites for hydroxylation is 1. The van der Waals surface area contributed by atoms with Crippen molar-refractivity contribution < 1.29 is 32.6 Å². The van der Waals surface area contributed by atoms with Gasteiger partial charge in [-0.2, -0.15) is 13.2 Å². The number of carbonyl (C=O) groups is 2. The second-order valence-electron chi connectivity index (χ2n) is 6.13. The molecule has 0 saturated heterocycles. The van der Waals surface area contributed by atoms with E-state index in [0.717, 1.165) is 12.1 Å². The largest absolute Gasteiger partial charge is 0.465 e. The number of halogens is 3. The number of methoxy groups -OCH3 is 1. The maximum atomic E-state index is 13.1. The second kappa shape index (κ2) is 8.47. The zero-order valence-electron chi connectivity index (χ0n) is 15.6. The number of rotatable bonds is 6. The molecule has 0 fully saturated rings. The van der Waals surface area contributed by atoms with Crippen LogP contribution in [0.1, 0.15) is 56.3 Å². The van der Waals surface area contributed by atoms with Gasteiger partial charge < -0.3 is 20.1 Å². The van der Waals surface area contributed by atoms with E-state index in [4.69, 9.17) is 4.74 Å². The quantitative estimate of drug-likeness (QED) is 0.652. The lowest BCUT2D eigenvalue weighted by Gasteiger charge is -2.17. The third kappa shape index (κ3) is 4.36. The highest BCUT2D eigenvalue weighted by molar-refractivity contribution is 6.00. The van der Waals surface area contributed by atoms with Gasteiger partial charge in [-0.05, 0) is 30.5 Å². The molecule has 0 spiro atoms. The van der Waals surface area contributed by atoms with Crippen LogP contribution in [0.4, 0.5) is 13.2 Å². The van der Waals surface area contributed by atoms with Crippen LogP contribution in [0.2, 0.25) is 0 Å². The third-order valence-corrected chi connectivity index (χ3v) is 4.38. The summed E-state index contributed by atoms with van der Waals surface area (Å²) in [6.45, 7) is 2.92. The van der Waals surface area contributed by atoms with Crippen LogP contribution >= 0.6 is 0 Å². The Labute approximate surface area is 159 Å². The summed E-state index contributed by atoms with van der Waals surface area (Å²) in [6.07, 6.45) is -5.73.